The molecule has 200 valence electrons. The molecule has 1 saturated heterocycles. The number of methoxy groups -OCH3 is 1. The molecule has 1 aliphatic rings. The van der Waals surface area contributed by atoms with E-state index in [1.165, 1.54) is 11.6 Å². The summed E-state index contributed by atoms with van der Waals surface area (Å²) < 4.78 is 20.5. The zero-order chi connectivity index (χ0) is 27.0. The molecule has 0 aliphatic carbocycles. The summed E-state index contributed by atoms with van der Waals surface area (Å²) in [6.45, 7) is 17.6. The number of allylic oxidation sites excluding steroid dienone is 5. The number of ether oxygens (including phenoxy) is 1. The third-order valence-electron chi connectivity index (χ3n) is 6.04. The molecule has 3 rings (SSSR count). The highest BCUT2D eigenvalue weighted by molar-refractivity contribution is 9.11. The van der Waals surface area contributed by atoms with E-state index in [1.54, 1.807) is 19.2 Å². The van der Waals surface area contributed by atoms with Crippen LogP contribution in [0, 0.1) is 5.82 Å². The Bertz CT molecular complexity index is 1070. The molecule has 37 heavy (non-hydrogen) atoms. The van der Waals surface area contributed by atoms with Crippen LogP contribution in [-0.4, -0.2) is 62.9 Å². The van der Waals surface area contributed by atoms with Gasteiger partial charge in [0.2, 0.25) is 0 Å². The molecular weight excluding hydrogens is 531 g/mol. The van der Waals surface area contributed by atoms with Gasteiger partial charge in [0.1, 0.15) is 11.6 Å². The van der Waals surface area contributed by atoms with Gasteiger partial charge in [-0.15, -0.1) is 0 Å². The molecule has 0 atom stereocenters. The molecule has 0 amide bonds. The number of para-hydroxylation sites is 2. The average Bonchev–Trinajstić information content (AvgIpc) is 3.14. The quantitative estimate of drug-likeness (QED) is 0.242. The summed E-state index contributed by atoms with van der Waals surface area (Å²) in [4.78, 5) is 8.83. The van der Waals surface area contributed by atoms with Gasteiger partial charge < -0.3 is 15.0 Å². The van der Waals surface area contributed by atoms with Crippen LogP contribution in [0.25, 0.3) is 0 Å². The number of benzene rings is 2. The first-order valence-electron chi connectivity index (χ1n) is 12.6. The lowest BCUT2D eigenvalue weighted by Crippen LogP contribution is -2.33. The van der Waals surface area contributed by atoms with Gasteiger partial charge >= 0.3 is 0 Å². The number of rotatable bonds is 10. The largest absolute Gasteiger partial charge is 0.497 e. The first-order chi connectivity index (χ1) is 17.9. The normalized spacial score (nSPS) is 15.3. The molecule has 1 fully saturated rings. The van der Waals surface area contributed by atoms with E-state index in [0.29, 0.717) is 17.9 Å². The van der Waals surface area contributed by atoms with Crippen molar-refractivity contribution in [2.45, 2.75) is 26.8 Å². The first-order valence-corrected chi connectivity index (χ1v) is 13.4. The molecule has 1 aliphatic heterocycles. The molecule has 5 nitrogen and oxygen atoms in total. The van der Waals surface area contributed by atoms with Crippen molar-refractivity contribution in [3.8, 4) is 5.75 Å². The Hall–Kier alpha value is -2.74. The number of halogens is 2. The molecule has 0 bridgehead atoms. The Balaban J connectivity index is 0.000000458. The fourth-order valence-electron chi connectivity index (χ4n) is 3.87. The second-order valence-electron chi connectivity index (χ2n) is 8.90. The van der Waals surface area contributed by atoms with E-state index < -0.39 is 0 Å². The van der Waals surface area contributed by atoms with Crippen molar-refractivity contribution in [1.29, 1.82) is 0 Å². The lowest BCUT2D eigenvalue weighted by Gasteiger charge is -2.22. The molecule has 0 radical (unpaired) electrons. The molecule has 0 saturated carbocycles. The molecule has 0 unspecified atom stereocenters. The number of hydrogen-bond acceptors (Lipinski definition) is 5. The van der Waals surface area contributed by atoms with Crippen molar-refractivity contribution in [1.82, 2.24) is 9.80 Å². The van der Waals surface area contributed by atoms with E-state index in [0.717, 1.165) is 61.5 Å². The zero-order valence-corrected chi connectivity index (χ0v) is 23.9. The summed E-state index contributed by atoms with van der Waals surface area (Å²) in [5.74, 6) is 0.536. The Morgan fingerprint density at radius 2 is 1.84 bits per heavy atom. The molecular formula is C30H40BrFN4O. The summed E-state index contributed by atoms with van der Waals surface area (Å²) in [5.41, 5.74) is 3.77. The summed E-state index contributed by atoms with van der Waals surface area (Å²) >= 11 is 3.31. The van der Waals surface area contributed by atoms with Gasteiger partial charge in [0.15, 0.2) is 0 Å². The van der Waals surface area contributed by atoms with E-state index in [9.17, 15) is 4.39 Å². The third-order valence-corrected chi connectivity index (χ3v) is 6.31. The summed E-state index contributed by atoms with van der Waals surface area (Å²) in [5, 5.41) is 3.45. The van der Waals surface area contributed by atoms with Crippen molar-refractivity contribution in [2.75, 3.05) is 51.7 Å². The van der Waals surface area contributed by atoms with E-state index in [1.807, 2.05) is 56.3 Å². The van der Waals surface area contributed by atoms with Gasteiger partial charge in [-0.05, 0) is 74.9 Å². The van der Waals surface area contributed by atoms with E-state index in [-0.39, 0.29) is 5.82 Å². The van der Waals surface area contributed by atoms with Crippen molar-refractivity contribution in [2.24, 2.45) is 4.99 Å². The SMILES string of the molecule is C=C/C(C)=C\C=C(/C)Br.C=Nc1ccccc1NCCN1CCCN(Cc2cc(OC)ccc2F)CC1. The smallest absolute Gasteiger partial charge is 0.127 e. The first kappa shape index (κ1) is 30.5. The van der Waals surface area contributed by atoms with Crippen LogP contribution in [0.1, 0.15) is 25.8 Å². The maximum absolute atomic E-state index is 14.1. The van der Waals surface area contributed by atoms with Gasteiger partial charge in [-0.25, -0.2) is 4.39 Å². The van der Waals surface area contributed by atoms with Gasteiger partial charge in [-0.3, -0.25) is 9.89 Å². The highest BCUT2D eigenvalue weighted by atomic mass is 79.9. The van der Waals surface area contributed by atoms with E-state index >= 15 is 0 Å². The van der Waals surface area contributed by atoms with Crippen molar-refractivity contribution >= 4 is 34.0 Å². The highest BCUT2D eigenvalue weighted by Crippen LogP contribution is 2.23. The van der Waals surface area contributed by atoms with E-state index in [4.69, 9.17) is 4.74 Å². The molecule has 2 aromatic rings. The van der Waals surface area contributed by atoms with Crippen LogP contribution in [-0.2, 0) is 6.54 Å². The summed E-state index contributed by atoms with van der Waals surface area (Å²) in [6, 6.07) is 12.9. The van der Waals surface area contributed by atoms with Crippen LogP contribution in [0.2, 0.25) is 0 Å². The van der Waals surface area contributed by atoms with Crippen LogP contribution in [0.5, 0.6) is 5.75 Å². The maximum Gasteiger partial charge on any atom is 0.127 e. The fourth-order valence-corrected chi connectivity index (χ4v) is 4.00. The van der Waals surface area contributed by atoms with Crippen molar-refractivity contribution in [3.63, 3.8) is 0 Å². The van der Waals surface area contributed by atoms with Crippen LogP contribution in [0.15, 0.2) is 82.3 Å². The predicted molar refractivity (Wildman–Crippen MR) is 160 cm³/mol. The number of hydrogen-bond donors (Lipinski definition) is 1. The second kappa shape index (κ2) is 16.9. The lowest BCUT2D eigenvalue weighted by atomic mass is 10.2. The highest BCUT2D eigenvalue weighted by Gasteiger charge is 2.16. The second-order valence-corrected chi connectivity index (χ2v) is 10.1. The van der Waals surface area contributed by atoms with Crippen LogP contribution >= 0.6 is 15.9 Å². The van der Waals surface area contributed by atoms with Crippen molar-refractivity contribution < 1.29 is 9.13 Å². The average molecular weight is 572 g/mol. The minimum atomic E-state index is -0.166. The fraction of sp³-hybridized carbons (Fsp3) is 0.367. The molecule has 2 aromatic carbocycles. The Labute approximate surface area is 230 Å². The molecule has 1 N–H and O–H groups in total. The molecule has 7 heteroatoms. The minimum absolute atomic E-state index is 0.166. The topological polar surface area (TPSA) is 40.1 Å². The summed E-state index contributed by atoms with van der Waals surface area (Å²) in [7, 11) is 1.61. The molecule has 0 spiro atoms. The minimum Gasteiger partial charge on any atom is -0.497 e. The van der Waals surface area contributed by atoms with Crippen LogP contribution in [0.3, 0.4) is 0 Å². The zero-order valence-electron chi connectivity index (χ0n) is 22.4. The van der Waals surface area contributed by atoms with Gasteiger partial charge in [-0.1, -0.05) is 58.4 Å². The van der Waals surface area contributed by atoms with Crippen LogP contribution in [0.4, 0.5) is 15.8 Å². The van der Waals surface area contributed by atoms with Gasteiger partial charge in [-0.2, -0.15) is 0 Å². The maximum atomic E-state index is 14.1. The standard InChI is InChI=1S/C22H29FN4O.C8H11Br/c1-24-21-6-3-4-7-22(21)25-10-13-26-11-5-12-27(15-14-26)17-18-16-19(28-2)8-9-20(18)23;1-4-7(2)5-6-8(3)9/h3-4,6-9,16,25H,1,5,10-15,17H2,2H3;4-6H,1H2,2-3H3/b;7-5-,8-6+. The van der Waals surface area contributed by atoms with Gasteiger partial charge in [0, 0.05) is 38.3 Å². The van der Waals surface area contributed by atoms with Crippen molar-refractivity contribution in [3.05, 3.63) is 88.7 Å². The Morgan fingerprint density at radius 3 is 2.54 bits per heavy atom. The number of anilines is 1. The Kier molecular flexibility index (Phi) is 13.9. The van der Waals surface area contributed by atoms with E-state index in [2.05, 4.69) is 49.3 Å². The van der Waals surface area contributed by atoms with Gasteiger partial charge in [0.25, 0.3) is 0 Å². The third kappa shape index (κ3) is 11.5. The Morgan fingerprint density at radius 1 is 1.11 bits per heavy atom. The number of aliphatic imine (C=N–C) groups is 1. The van der Waals surface area contributed by atoms with Crippen LogP contribution < -0.4 is 10.1 Å². The predicted octanol–water partition coefficient (Wildman–Crippen LogP) is 7.20. The summed E-state index contributed by atoms with van der Waals surface area (Å²) in [6.07, 6.45) is 6.91. The lowest BCUT2D eigenvalue weighted by molar-refractivity contribution is 0.253. The number of nitrogens with one attached hydrogen (secondary N) is 1. The number of nitrogens with zero attached hydrogens (tertiary/aromatic N) is 3. The van der Waals surface area contributed by atoms with Gasteiger partial charge in [0.05, 0.1) is 18.5 Å². The monoisotopic (exact) mass is 570 g/mol. The molecule has 0 aromatic heterocycles. The molecule has 1 heterocycles.